The molecule has 1 aliphatic rings. The second-order valence-corrected chi connectivity index (χ2v) is 10.2. The monoisotopic (exact) mass is 352 g/mol. The Labute approximate surface area is 145 Å². The van der Waals surface area contributed by atoms with Gasteiger partial charge in [-0.25, -0.2) is 13.2 Å². The Hall–Kier alpha value is -1.56. The molecular formula is C18H28N2O3S. The fourth-order valence-electron chi connectivity index (χ4n) is 3.13. The standard InChI is InChI=1S/C18H28N2O3S/c1-13-7-6-8-14(11-13)16(18(2,3)4)19-17(21)20-10-9-15(12-20)24(5,22)23/h6-8,11,15-16H,9-10,12H2,1-5H3,(H,19,21). The van der Waals surface area contributed by atoms with Crippen LogP contribution in [0.1, 0.15) is 44.4 Å². The lowest BCUT2D eigenvalue weighted by molar-refractivity contribution is 0.189. The Balaban J connectivity index is 2.15. The van der Waals surface area contributed by atoms with Gasteiger partial charge >= 0.3 is 6.03 Å². The van der Waals surface area contributed by atoms with Gasteiger partial charge in [-0.3, -0.25) is 0 Å². The quantitative estimate of drug-likeness (QED) is 0.909. The van der Waals surface area contributed by atoms with Gasteiger partial charge in [0.05, 0.1) is 11.3 Å². The number of likely N-dealkylation sites (tertiary alicyclic amines) is 1. The zero-order chi connectivity index (χ0) is 18.1. The molecule has 0 aromatic heterocycles. The van der Waals surface area contributed by atoms with Gasteiger partial charge in [0.2, 0.25) is 0 Å². The molecule has 2 amide bonds. The molecule has 0 radical (unpaired) electrons. The molecule has 2 unspecified atom stereocenters. The van der Waals surface area contributed by atoms with E-state index in [1.807, 2.05) is 25.1 Å². The SMILES string of the molecule is Cc1cccc(C(NC(=O)N2CCC(S(C)(=O)=O)C2)C(C)(C)C)c1. The Morgan fingerprint density at radius 1 is 1.33 bits per heavy atom. The molecule has 1 saturated heterocycles. The number of carbonyl (C=O) groups excluding carboxylic acids is 1. The molecule has 0 aliphatic carbocycles. The second-order valence-electron chi connectivity index (χ2n) is 7.85. The van der Waals surface area contributed by atoms with Crippen LogP contribution in [0.25, 0.3) is 0 Å². The van der Waals surface area contributed by atoms with E-state index in [2.05, 4.69) is 32.2 Å². The first-order valence-electron chi connectivity index (χ1n) is 8.29. The Morgan fingerprint density at radius 2 is 2.00 bits per heavy atom. The van der Waals surface area contributed by atoms with E-state index in [-0.39, 0.29) is 24.0 Å². The Bertz CT molecular complexity index is 707. The lowest BCUT2D eigenvalue weighted by Crippen LogP contribution is -2.44. The topological polar surface area (TPSA) is 66.5 Å². The van der Waals surface area contributed by atoms with Crippen molar-refractivity contribution >= 4 is 15.9 Å². The number of carbonyl (C=O) groups is 1. The Kier molecular flexibility index (Phi) is 5.28. The van der Waals surface area contributed by atoms with Crippen molar-refractivity contribution in [1.82, 2.24) is 10.2 Å². The fraction of sp³-hybridized carbons (Fsp3) is 0.611. The molecule has 1 aromatic carbocycles. The van der Waals surface area contributed by atoms with E-state index in [0.29, 0.717) is 13.0 Å². The van der Waals surface area contributed by atoms with Gasteiger partial charge in [0, 0.05) is 19.3 Å². The number of amides is 2. The highest BCUT2D eigenvalue weighted by molar-refractivity contribution is 7.91. The summed E-state index contributed by atoms with van der Waals surface area (Å²) in [6, 6.07) is 7.80. The van der Waals surface area contributed by atoms with Gasteiger partial charge in [-0.1, -0.05) is 50.6 Å². The van der Waals surface area contributed by atoms with Crippen molar-refractivity contribution in [2.45, 2.75) is 45.4 Å². The van der Waals surface area contributed by atoms with Crippen LogP contribution in [0.4, 0.5) is 4.79 Å². The summed E-state index contributed by atoms with van der Waals surface area (Å²) in [6.45, 7) is 9.04. The first-order chi connectivity index (χ1) is 11.0. The number of nitrogens with zero attached hydrogens (tertiary/aromatic N) is 1. The van der Waals surface area contributed by atoms with Crippen molar-refractivity contribution in [3.63, 3.8) is 0 Å². The van der Waals surface area contributed by atoms with Gasteiger partial charge < -0.3 is 10.2 Å². The minimum Gasteiger partial charge on any atom is -0.331 e. The van der Waals surface area contributed by atoms with E-state index in [1.165, 1.54) is 6.26 Å². The molecule has 0 bridgehead atoms. The van der Waals surface area contributed by atoms with Crippen LogP contribution in [0.15, 0.2) is 24.3 Å². The van der Waals surface area contributed by atoms with Crippen LogP contribution in [-0.2, 0) is 9.84 Å². The summed E-state index contributed by atoms with van der Waals surface area (Å²) in [5.74, 6) is 0. The van der Waals surface area contributed by atoms with Gasteiger partial charge in [0.15, 0.2) is 9.84 Å². The summed E-state index contributed by atoms with van der Waals surface area (Å²) in [6.07, 6.45) is 1.75. The molecule has 24 heavy (non-hydrogen) atoms. The molecule has 1 aromatic rings. The molecular weight excluding hydrogens is 324 g/mol. The van der Waals surface area contributed by atoms with Gasteiger partial charge in [-0.2, -0.15) is 0 Å². The smallest absolute Gasteiger partial charge is 0.317 e. The summed E-state index contributed by atoms with van der Waals surface area (Å²) in [5.41, 5.74) is 2.06. The third kappa shape index (κ3) is 4.50. The number of rotatable bonds is 3. The second kappa shape index (κ2) is 6.75. The van der Waals surface area contributed by atoms with Crippen molar-refractivity contribution in [3.8, 4) is 0 Å². The highest BCUT2D eigenvalue weighted by Crippen LogP contribution is 2.33. The maximum absolute atomic E-state index is 12.7. The lowest BCUT2D eigenvalue weighted by Gasteiger charge is -2.33. The van der Waals surface area contributed by atoms with E-state index >= 15 is 0 Å². The summed E-state index contributed by atoms with van der Waals surface area (Å²) in [7, 11) is -3.11. The van der Waals surface area contributed by atoms with Gasteiger partial charge in [0.1, 0.15) is 0 Å². The molecule has 6 heteroatoms. The average molecular weight is 353 g/mol. The molecule has 1 heterocycles. The maximum Gasteiger partial charge on any atom is 0.317 e. The molecule has 0 saturated carbocycles. The zero-order valence-electron chi connectivity index (χ0n) is 15.2. The highest BCUT2D eigenvalue weighted by Gasteiger charge is 2.35. The number of benzene rings is 1. The number of nitrogens with one attached hydrogen (secondary N) is 1. The van der Waals surface area contributed by atoms with Gasteiger partial charge in [-0.05, 0) is 24.3 Å². The average Bonchev–Trinajstić information content (AvgIpc) is 2.93. The summed E-state index contributed by atoms with van der Waals surface area (Å²) >= 11 is 0. The predicted molar refractivity (Wildman–Crippen MR) is 96.7 cm³/mol. The Morgan fingerprint density at radius 3 is 2.50 bits per heavy atom. The molecule has 0 spiro atoms. The van der Waals surface area contributed by atoms with Crippen LogP contribution in [0.3, 0.4) is 0 Å². The number of sulfone groups is 1. The van der Waals surface area contributed by atoms with Crippen LogP contribution in [0.5, 0.6) is 0 Å². The number of hydrogen-bond acceptors (Lipinski definition) is 3. The fourth-order valence-corrected chi connectivity index (χ4v) is 4.11. The van der Waals surface area contributed by atoms with Crippen LogP contribution >= 0.6 is 0 Å². The molecule has 134 valence electrons. The summed E-state index contributed by atoms with van der Waals surface area (Å²) in [4.78, 5) is 14.3. The van der Waals surface area contributed by atoms with Crippen LogP contribution in [0, 0.1) is 12.3 Å². The van der Waals surface area contributed by atoms with Crippen molar-refractivity contribution in [2.75, 3.05) is 19.3 Å². The van der Waals surface area contributed by atoms with E-state index in [1.54, 1.807) is 4.90 Å². The van der Waals surface area contributed by atoms with E-state index < -0.39 is 15.1 Å². The lowest BCUT2D eigenvalue weighted by atomic mass is 9.82. The van der Waals surface area contributed by atoms with E-state index in [0.717, 1.165) is 11.1 Å². The van der Waals surface area contributed by atoms with Gasteiger partial charge in [-0.15, -0.1) is 0 Å². The summed E-state index contributed by atoms with van der Waals surface area (Å²) in [5, 5.41) is 2.66. The highest BCUT2D eigenvalue weighted by atomic mass is 32.2. The molecule has 1 fully saturated rings. The maximum atomic E-state index is 12.7. The van der Waals surface area contributed by atoms with Crippen molar-refractivity contribution in [2.24, 2.45) is 5.41 Å². The van der Waals surface area contributed by atoms with Crippen LogP contribution < -0.4 is 5.32 Å². The largest absolute Gasteiger partial charge is 0.331 e. The molecule has 1 N–H and O–H groups in total. The van der Waals surface area contributed by atoms with Crippen molar-refractivity contribution < 1.29 is 13.2 Å². The van der Waals surface area contributed by atoms with E-state index in [4.69, 9.17) is 0 Å². The third-order valence-electron chi connectivity index (χ3n) is 4.55. The number of urea groups is 1. The molecule has 2 rings (SSSR count). The minimum absolute atomic E-state index is 0.137. The normalized spacial score (nSPS) is 20.0. The first-order valence-corrected chi connectivity index (χ1v) is 10.2. The van der Waals surface area contributed by atoms with E-state index in [9.17, 15) is 13.2 Å². The number of aryl methyl sites for hydroxylation is 1. The first kappa shape index (κ1) is 18.8. The molecule has 5 nitrogen and oxygen atoms in total. The molecule has 2 atom stereocenters. The van der Waals surface area contributed by atoms with Crippen LogP contribution in [-0.4, -0.2) is 43.9 Å². The number of hydrogen-bond donors (Lipinski definition) is 1. The van der Waals surface area contributed by atoms with Crippen LogP contribution in [0.2, 0.25) is 0 Å². The van der Waals surface area contributed by atoms with Crippen molar-refractivity contribution in [1.29, 1.82) is 0 Å². The molecule has 1 aliphatic heterocycles. The third-order valence-corrected chi connectivity index (χ3v) is 6.14. The van der Waals surface area contributed by atoms with Crippen molar-refractivity contribution in [3.05, 3.63) is 35.4 Å². The zero-order valence-corrected chi connectivity index (χ0v) is 16.0. The van der Waals surface area contributed by atoms with Gasteiger partial charge in [0.25, 0.3) is 0 Å². The predicted octanol–water partition coefficient (Wildman–Crippen LogP) is 2.91. The minimum atomic E-state index is -3.11. The summed E-state index contributed by atoms with van der Waals surface area (Å²) < 4.78 is 23.4.